The molecule has 36 heavy (non-hydrogen) atoms. The zero-order valence-corrected chi connectivity index (χ0v) is 22.0. The summed E-state index contributed by atoms with van der Waals surface area (Å²) < 4.78 is 8.88. The summed E-state index contributed by atoms with van der Waals surface area (Å²) in [5.41, 5.74) is 6.60. The molecular weight excluding hydrogens is 446 g/mol. The molecule has 0 spiro atoms. The number of aromatic nitrogens is 2. The molecule has 5 rings (SSSR count). The molecule has 2 aromatic heterocycles. The van der Waals surface area contributed by atoms with Gasteiger partial charge in [0.1, 0.15) is 5.69 Å². The van der Waals surface area contributed by atoms with Crippen molar-refractivity contribution in [3.05, 3.63) is 94.4 Å². The molecule has 0 bridgehead atoms. The van der Waals surface area contributed by atoms with Gasteiger partial charge in [-0.15, -0.1) is 0 Å². The van der Waals surface area contributed by atoms with Crippen LogP contribution < -0.4 is 4.90 Å². The molecule has 186 valence electrons. The number of unbranched alkanes of at least 4 members (excludes halogenated alkanes) is 1. The summed E-state index contributed by atoms with van der Waals surface area (Å²) in [5, 5.41) is 1.10. The molecule has 0 fully saturated rings. The summed E-state index contributed by atoms with van der Waals surface area (Å²) in [6, 6.07) is 18.6. The second kappa shape index (κ2) is 9.45. The van der Waals surface area contributed by atoms with E-state index in [9.17, 15) is 4.79 Å². The fraction of sp³-hybridized carbons (Fsp3) is 0.355. The highest BCUT2D eigenvalue weighted by molar-refractivity contribution is 5.98. The summed E-state index contributed by atoms with van der Waals surface area (Å²) in [6.45, 7) is 13.6. The van der Waals surface area contributed by atoms with Crippen molar-refractivity contribution in [2.24, 2.45) is 0 Å². The number of benzene rings is 2. The average molecular weight is 482 g/mol. The lowest BCUT2D eigenvalue weighted by Gasteiger charge is -2.32. The van der Waals surface area contributed by atoms with Crippen LogP contribution in [0.25, 0.3) is 10.9 Å². The van der Waals surface area contributed by atoms with E-state index in [4.69, 9.17) is 9.72 Å². The zero-order chi connectivity index (χ0) is 25.4. The van der Waals surface area contributed by atoms with Crippen molar-refractivity contribution in [1.29, 1.82) is 0 Å². The Morgan fingerprint density at radius 1 is 1.00 bits per heavy atom. The molecule has 1 unspecified atom stereocenters. The largest absolute Gasteiger partial charge is 0.439 e. The van der Waals surface area contributed by atoms with Crippen LogP contribution in [0.2, 0.25) is 0 Å². The molecule has 4 aromatic rings. The van der Waals surface area contributed by atoms with Crippen molar-refractivity contribution in [3.8, 4) is 0 Å². The number of rotatable bonds is 8. The van der Waals surface area contributed by atoms with Crippen LogP contribution in [-0.4, -0.2) is 28.6 Å². The number of carbonyl (C=O) groups is 1. The summed E-state index contributed by atoms with van der Waals surface area (Å²) >= 11 is 0. The van der Waals surface area contributed by atoms with Gasteiger partial charge in [-0.1, -0.05) is 37.6 Å². The van der Waals surface area contributed by atoms with Gasteiger partial charge in [0.25, 0.3) is 0 Å². The molecule has 1 atom stereocenters. The van der Waals surface area contributed by atoms with E-state index in [2.05, 4.69) is 86.6 Å². The zero-order valence-electron chi connectivity index (χ0n) is 22.0. The Morgan fingerprint density at radius 3 is 2.50 bits per heavy atom. The van der Waals surface area contributed by atoms with Crippen LogP contribution in [0.5, 0.6) is 0 Å². The number of cyclic esters (lactones) is 1. The topological polar surface area (TPSA) is 47.4 Å². The number of hydrogen-bond acceptors (Lipinski definition) is 4. The van der Waals surface area contributed by atoms with Crippen LogP contribution in [0.15, 0.2) is 60.8 Å². The van der Waals surface area contributed by atoms with Crippen molar-refractivity contribution in [2.75, 3.05) is 18.0 Å². The van der Waals surface area contributed by atoms with Gasteiger partial charge >= 0.3 is 5.97 Å². The number of hydrogen-bond donors (Lipinski definition) is 0. The Balaban J connectivity index is 1.85. The molecule has 3 heterocycles. The average Bonchev–Trinajstić information content (AvgIpc) is 3.34. The molecule has 2 aromatic carbocycles. The predicted octanol–water partition coefficient (Wildman–Crippen LogP) is 6.76. The van der Waals surface area contributed by atoms with Crippen molar-refractivity contribution in [2.45, 2.75) is 59.6 Å². The van der Waals surface area contributed by atoms with Crippen LogP contribution >= 0.6 is 0 Å². The van der Waals surface area contributed by atoms with Gasteiger partial charge in [-0.2, -0.15) is 0 Å². The van der Waals surface area contributed by atoms with Crippen LogP contribution in [0, 0.1) is 13.8 Å². The van der Waals surface area contributed by atoms with Crippen molar-refractivity contribution >= 4 is 22.6 Å². The minimum Gasteiger partial charge on any atom is -0.439 e. The number of aryl methyl sites for hydroxylation is 2. The predicted molar refractivity (Wildman–Crippen MR) is 146 cm³/mol. The third kappa shape index (κ3) is 3.52. The highest BCUT2D eigenvalue weighted by Gasteiger charge is 2.53. The monoisotopic (exact) mass is 481 g/mol. The maximum absolute atomic E-state index is 13.4. The second-order valence-corrected chi connectivity index (χ2v) is 9.62. The van der Waals surface area contributed by atoms with E-state index < -0.39 is 5.60 Å². The first-order valence-electron chi connectivity index (χ1n) is 13.1. The van der Waals surface area contributed by atoms with Crippen LogP contribution in [-0.2, 0) is 16.9 Å². The number of pyridine rings is 1. The van der Waals surface area contributed by atoms with Gasteiger partial charge in [0, 0.05) is 59.2 Å². The quantitative estimate of drug-likeness (QED) is 0.261. The lowest BCUT2D eigenvalue weighted by molar-refractivity contribution is 0.0244. The van der Waals surface area contributed by atoms with E-state index in [0.717, 1.165) is 65.8 Å². The highest BCUT2D eigenvalue weighted by Crippen LogP contribution is 2.51. The first-order valence-corrected chi connectivity index (χ1v) is 13.1. The highest BCUT2D eigenvalue weighted by atomic mass is 16.6. The van der Waals surface area contributed by atoms with Gasteiger partial charge in [-0.05, 0) is 70.0 Å². The van der Waals surface area contributed by atoms with E-state index >= 15 is 0 Å². The number of anilines is 1. The van der Waals surface area contributed by atoms with E-state index in [-0.39, 0.29) is 5.97 Å². The minimum atomic E-state index is -1.11. The van der Waals surface area contributed by atoms with Crippen LogP contribution in [0.1, 0.15) is 72.0 Å². The van der Waals surface area contributed by atoms with E-state index in [1.165, 1.54) is 5.69 Å². The van der Waals surface area contributed by atoms with Crippen molar-refractivity contribution in [1.82, 2.24) is 9.55 Å². The van der Waals surface area contributed by atoms with Gasteiger partial charge in [0.2, 0.25) is 5.60 Å². The molecule has 0 saturated carbocycles. The molecule has 5 heteroatoms. The first-order chi connectivity index (χ1) is 17.5. The fourth-order valence-corrected chi connectivity index (χ4v) is 5.89. The smallest absolute Gasteiger partial charge is 0.341 e. The standard InChI is InChI=1S/C31H35N3O2/c1-6-9-19-34-22(5)28(24-13-10-11-15-27(24)34)31(29-25(30(35)36-31)14-12-18-32-29)26-17-16-23(20-21(26)4)33(7-2)8-3/h10-18,20H,6-9,19H2,1-5H3. The molecule has 1 aliphatic rings. The number of para-hydroxylation sites is 1. The second-order valence-electron chi connectivity index (χ2n) is 9.62. The Hall–Kier alpha value is -3.60. The molecular formula is C31H35N3O2. The Kier molecular flexibility index (Phi) is 6.33. The van der Waals surface area contributed by atoms with Gasteiger partial charge in [0.15, 0.2) is 0 Å². The van der Waals surface area contributed by atoms with Crippen molar-refractivity contribution in [3.63, 3.8) is 0 Å². The Bertz CT molecular complexity index is 1430. The minimum absolute atomic E-state index is 0.324. The summed E-state index contributed by atoms with van der Waals surface area (Å²) in [5.74, 6) is -0.324. The fourth-order valence-electron chi connectivity index (χ4n) is 5.89. The normalized spacial score (nSPS) is 16.9. The first kappa shape index (κ1) is 24.1. The molecule has 1 aliphatic heterocycles. The SMILES string of the molecule is CCCCn1c(C)c(C2(c3ccc(N(CC)CC)cc3C)OC(=O)c3cccnc32)c2ccccc21. The third-order valence-corrected chi connectivity index (χ3v) is 7.64. The van der Waals surface area contributed by atoms with Crippen LogP contribution in [0.3, 0.4) is 0 Å². The lowest BCUT2D eigenvalue weighted by Crippen LogP contribution is -2.32. The Morgan fingerprint density at radius 2 is 1.78 bits per heavy atom. The van der Waals surface area contributed by atoms with Gasteiger partial charge in [-0.25, -0.2) is 4.79 Å². The van der Waals surface area contributed by atoms with E-state index in [0.29, 0.717) is 11.3 Å². The number of ether oxygens (including phenoxy) is 1. The Labute approximate surface area is 213 Å². The van der Waals surface area contributed by atoms with E-state index in [1.54, 1.807) is 6.20 Å². The van der Waals surface area contributed by atoms with Gasteiger partial charge in [-0.3, -0.25) is 4.98 Å². The molecule has 0 amide bonds. The van der Waals surface area contributed by atoms with Gasteiger partial charge in [0.05, 0.1) is 5.56 Å². The molecule has 5 nitrogen and oxygen atoms in total. The molecule has 0 radical (unpaired) electrons. The summed E-state index contributed by atoms with van der Waals surface area (Å²) in [6.07, 6.45) is 3.96. The summed E-state index contributed by atoms with van der Waals surface area (Å²) in [7, 11) is 0. The van der Waals surface area contributed by atoms with E-state index in [1.807, 2.05) is 12.1 Å². The third-order valence-electron chi connectivity index (χ3n) is 7.64. The molecule has 0 aliphatic carbocycles. The number of carbonyl (C=O) groups excluding carboxylic acids is 1. The van der Waals surface area contributed by atoms with Gasteiger partial charge < -0.3 is 14.2 Å². The number of nitrogens with zero attached hydrogens (tertiary/aromatic N) is 3. The maximum atomic E-state index is 13.4. The maximum Gasteiger partial charge on any atom is 0.341 e. The van der Waals surface area contributed by atoms with Crippen molar-refractivity contribution < 1.29 is 9.53 Å². The number of esters is 1. The van der Waals surface area contributed by atoms with Crippen LogP contribution in [0.4, 0.5) is 5.69 Å². The lowest BCUT2D eigenvalue weighted by atomic mass is 9.79. The molecule has 0 saturated heterocycles. The summed E-state index contributed by atoms with van der Waals surface area (Å²) in [4.78, 5) is 20.5. The number of fused-ring (bicyclic) bond motifs is 2. The molecule has 0 N–H and O–H groups in total.